The number of benzene rings is 2. The molecular weight excluding hydrogens is 544 g/mol. The Kier molecular flexibility index (Phi) is 9.26. The molecule has 40 heavy (non-hydrogen) atoms. The number of methoxy groups -OCH3 is 2. The van der Waals surface area contributed by atoms with Crippen LogP contribution in [0.1, 0.15) is 65.3 Å². The van der Waals surface area contributed by atoms with Gasteiger partial charge in [0.2, 0.25) is 5.91 Å². The van der Waals surface area contributed by atoms with Crippen molar-refractivity contribution in [2.24, 2.45) is 11.3 Å². The Morgan fingerprint density at radius 1 is 1.05 bits per heavy atom. The van der Waals surface area contributed by atoms with Crippen LogP contribution < -0.4 is 15.4 Å². The smallest absolute Gasteiger partial charge is 0.341 e. The molecule has 2 amide bonds. The molecule has 0 bridgehead atoms. The zero-order valence-corrected chi connectivity index (χ0v) is 25.4. The maximum absolute atomic E-state index is 13.3. The summed E-state index contributed by atoms with van der Waals surface area (Å²) in [5.74, 6) is 0.343. The summed E-state index contributed by atoms with van der Waals surface area (Å²) in [5.41, 5.74) is 2.81. The standard InChI is InChI=1S/C31H36N2O5S2/c1-18(39-23-9-7-8-21(17-23)32-28(35)19-10-13-22(37-5)14-11-19)27(34)33-29-26(30(36)38-6)24-15-12-20(31(2,3)4)16-25(24)40-29/h7-11,13-14,17-18,20H,12,15-16H2,1-6H3,(H,32,35)(H,33,34). The lowest BCUT2D eigenvalue weighted by molar-refractivity contribution is -0.115. The third-order valence-electron chi connectivity index (χ3n) is 7.24. The first-order valence-corrected chi connectivity index (χ1v) is 15.0. The molecule has 0 spiro atoms. The Morgan fingerprint density at radius 2 is 1.77 bits per heavy atom. The van der Waals surface area contributed by atoms with Gasteiger partial charge in [-0.05, 0) is 85.5 Å². The molecule has 4 rings (SSSR count). The van der Waals surface area contributed by atoms with E-state index in [0.29, 0.717) is 33.5 Å². The Hall–Kier alpha value is -3.30. The first kappa shape index (κ1) is 29.7. The molecule has 1 heterocycles. The maximum atomic E-state index is 13.3. The molecule has 7 nitrogen and oxygen atoms in total. The fourth-order valence-electron chi connectivity index (χ4n) is 4.80. The molecular formula is C31H36N2O5S2. The summed E-state index contributed by atoms with van der Waals surface area (Å²) in [4.78, 5) is 40.7. The summed E-state index contributed by atoms with van der Waals surface area (Å²) in [6, 6.07) is 14.3. The Bertz CT molecular complexity index is 1390. The average molecular weight is 581 g/mol. The maximum Gasteiger partial charge on any atom is 0.341 e. The average Bonchev–Trinajstić information content (AvgIpc) is 3.29. The zero-order valence-electron chi connectivity index (χ0n) is 23.8. The van der Waals surface area contributed by atoms with Crippen molar-refractivity contribution >= 4 is 51.6 Å². The minimum atomic E-state index is -0.445. The molecule has 2 aromatic carbocycles. The van der Waals surface area contributed by atoms with E-state index in [1.165, 1.54) is 30.2 Å². The number of carbonyl (C=O) groups excluding carboxylic acids is 3. The van der Waals surface area contributed by atoms with Crippen LogP contribution in [-0.2, 0) is 22.4 Å². The molecule has 0 aliphatic heterocycles. The Balaban J connectivity index is 1.44. The summed E-state index contributed by atoms with van der Waals surface area (Å²) >= 11 is 2.87. The highest BCUT2D eigenvalue weighted by molar-refractivity contribution is 8.00. The molecule has 2 atom stereocenters. The fraction of sp³-hybridized carbons (Fsp3) is 0.387. The third kappa shape index (κ3) is 6.88. The second kappa shape index (κ2) is 12.5. The number of fused-ring (bicyclic) bond motifs is 1. The quantitative estimate of drug-likeness (QED) is 0.219. The van der Waals surface area contributed by atoms with Crippen molar-refractivity contribution in [2.75, 3.05) is 24.9 Å². The normalized spacial score (nSPS) is 15.5. The highest BCUT2D eigenvalue weighted by Gasteiger charge is 2.34. The molecule has 0 saturated carbocycles. The van der Waals surface area contributed by atoms with Gasteiger partial charge in [-0.2, -0.15) is 0 Å². The molecule has 1 aliphatic carbocycles. The largest absolute Gasteiger partial charge is 0.497 e. The van der Waals surface area contributed by atoms with E-state index in [2.05, 4.69) is 31.4 Å². The van der Waals surface area contributed by atoms with E-state index < -0.39 is 11.2 Å². The lowest BCUT2D eigenvalue weighted by Gasteiger charge is -2.33. The highest BCUT2D eigenvalue weighted by atomic mass is 32.2. The van der Waals surface area contributed by atoms with Gasteiger partial charge < -0.3 is 20.1 Å². The van der Waals surface area contributed by atoms with Gasteiger partial charge in [-0.3, -0.25) is 9.59 Å². The second-order valence-electron chi connectivity index (χ2n) is 11.0. The van der Waals surface area contributed by atoms with E-state index in [0.717, 1.165) is 34.6 Å². The van der Waals surface area contributed by atoms with Crippen molar-refractivity contribution in [3.63, 3.8) is 0 Å². The number of nitrogens with one attached hydrogen (secondary N) is 2. The van der Waals surface area contributed by atoms with Crippen molar-refractivity contribution in [2.45, 2.75) is 57.1 Å². The van der Waals surface area contributed by atoms with E-state index in [-0.39, 0.29) is 17.2 Å². The number of anilines is 2. The van der Waals surface area contributed by atoms with E-state index >= 15 is 0 Å². The van der Waals surface area contributed by atoms with Crippen LogP contribution in [0.3, 0.4) is 0 Å². The van der Waals surface area contributed by atoms with Crippen LogP contribution in [0.2, 0.25) is 0 Å². The van der Waals surface area contributed by atoms with Crippen molar-refractivity contribution in [1.82, 2.24) is 0 Å². The van der Waals surface area contributed by atoms with Gasteiger partial charge in [-0.15, -0.1) is 23.1 Å². The van der Waals surface area contributed by atoms with Crippen LogP contribution in [0.5, 0.6) is 5.75 Å². The number of rotatable bonds is 8. The topological polar surface area (TPSA) is 93.7 Å². The molecule has 0 radical (unpaired) electrons. The summed E-state index contributed by atoms with van der Waals surface area (Å²) in [6.07, 6.45) is 2.69. The molecule has 3 aromatic rings. The van der Waals surface area contributed by atoms with Crippen LogP contribution in [0.15, 0.2) is 53.4 Å². The van der Waals surface area contributed by atoms with Crippen LogP contribution in [-0.4, -0.2) is 37.3 Å². The van der Waals surface area contributed by atoms with Gasteiger partial charge in [-0.25, -0.2) is 4.79 Å². The van der Waals surface area contributed by atoms with E-state index in [4.69, 9.17) is 9.47 Å². The van der Waals surface area contributed by atoms with Gasteiger partial charge in [0.15, 0.2) is 0 Å². The van der Waals surface area contributed by atoms with Gasteiger partial charge in [0.25, 0.3) is 5.91 Å². The predicted molar refractivity (Wildman–Crippen MR) is 162 cm³/mol. The Morgan fingerprint density at radius 3 is 2.42 bits per heavy atom. The molecule has 0 fully saturated rings. The first-order chi connectivity index (χ1) is 19.0. The fourth-order valence-corrected chi connectivity index (χ4v) is 7.04. The molecule has 9 heteroatoms. The summed E-state index contributed by atoms with van der Waals surface area (Å²) < 4.78 is 10.2. The molecule has 212 valence electrons. The second-order valence-corrected chi connectivity index (χ2v) is 13.5. The van der Waals surface area contributed by atoms with E-state index in [1.54, 1.807) is 37.4 Å². The van der Waals surface area contributed by atoms with E-state index in [1.807, 2.05) is 25.1 Å². The lowest BCUT2D eigenvalue weighted by atomic mass is 9.72. The van der Waals surface area contributed by atoms with Gasteiger partial charge in [0.05, 0.1) is 25.0 Å². The predicted octanol–water partition coefficient (Wildman–Crippen LogP) is 7.07. The number of carbonyl (C=O) groups is 3. The molecule has 2 unspecified atom stereocenters. The van der Waals surface area contributed by atoms with Crippen LogP contribution >= 0.6 is 23.1 Å². The molecule has 1 aliphatic rings. The minimum absolute atomic E-state index is 0.171. The van der Waals surface area contributed by atoms with E-state index in [9.17, 15) is 14.4 Å². The minimum Gasteiger partial charge on any atom is -0.497 e. The number of amides is 2. The van der Waals surface area contributed by atoms with Crippen molar-refractivity contribution in [3.8, 4) is 5.75 Å². The van der Waals surface area contributed by atoms with Crippen LogP contribution in [0.4, 0.5) is 10.7 Å². The van der Waals surface area contributed by atoms with Gasteiger partial charge in [0.1, 0.15) is 10.8 Å². The number of thioether (sulfide) groups is 1. The van der Waals surface area contributed by atoms with Crippen molar-refractivity contribution in [1.29, 1.82) is 0 Å². The Labute approximate surface area is 244 Å². The van der Waals surface area contributed by atoms with Gasteiger partial charge in [-0.1, -0.05) is 26.8 Å². The van der Waals surface area contributed by atoms with Crippen molar-refractivity contribution in [3.05, 3.63) is 70.1 Å². The summed E-state index contributed by atoms with van der Waals surface area (Å²) in [7, 11) is 2.95. The molecule has 0 saturated heterocycles. The summed E-state index contributed by atoms with van der Waals surface area (Å²) in [5, 5.41) is 6.03. The van der Waals surface area contributed by atoms with Gasteiger partial charge >= 0.3 is 5.97 Å². The van der Waals surface area contributed by atoms with Crippen LogP contribution in [0, 0.1) is 11.3 Å². The van der Waals surface area contributed by atoms with Crippen LogP contribution in [0.25, 0.3) is 0 Å². The number of hydrogen-bond acceptors (Lipinski definition) is 7. The zero-order chi connectivity index (χ0) is 29.0. The SMILES string of the molecule is COC(=O)c1c(NC(=O)C(C)Sc2cccc(NC(=O)c3ccc(OC)cc3)c2)sc2c1CCC(C(C)(C)C)C2. The summed E-state index contributed by atoms with van der Waals surface area (Å²) in [6.45, 7) is 8.57. The van der Waals surface area contributed by atoms with Crippen molar-refractivity contribution < 1.29 is 23.9 Å². The molecule has 1 aromatic heterocycles. The monoisotopic (exact) mass is 580 g/mol. The number of ether oxygens (including phenoxy) is 2. The lowest BCUT2D eigenvalue weighted by Crippen LogP contribution is -2.26. The number of esters is 1. The number of thiophene rings is 1. The third-order valence-corrected chi connectivity index (χ3v) is 9.51. The number of hydrogen-bond donors (Lipinski definition) is 2. The van der Waals surface area contributed by atoms with Gasteiger partial charge in [0, 0.05) is 21.0 Å². The first-order valence-electron chi connectivity index (χ1n) is 13.3. The highest BCUT2D eigenvalue weighted by Crippen LogP contribution is 2.44. The molecule has 2 N–H and O–H groups in total.